The molecule has 0 heterocycles. The maximum absolute atomic E-state index is 5.35. The van der Waals surface area contributed by atoms with E-state index in [9.17, 15) is 0 Å². The number of hydrogen-bond donors (Lipinski definition) is 1. The van der Waals surface area contributed by atoms with E-state index in [1.165, 1.54) is 16.3 Å². The van der Waals surface area contributed by atoms with E-state index >= 15 is 0 Å². The van der Waals surface area contributed by atoms with Crippen molar-refractivity contribution in [2.24, 2.45) is 0 Å². The number of unbranched alkanes of at least 4 members (excludes halogenated alkanes) is 1. The number of benzene rings is 2. The fourth-order valence-corrected chi connectivity index (χ4v) is 2.75. The lowest BCUT2D eigenvalue weighted by Gasteiger charge is -2.18. The summed E-state index contributed by atoms with van der Waals surface area (Å²) in [6, 6.07) is 15.7. The number of likely N-dealkylation sites (N-methyl/N-ethyl adjacent to an activating group) is 1. The van der Waals surface area contributed by atoms with Crippen LogP contribution in [0.1, 0.15) is 31.7 Å². The van der Waals surface area contributed by atoms with Gasteiger partial charge in [0.05, 0.1) is 0 Å². The molecule has 0 aliphatic heterocycles. The molecule has 0 spiro atoms. The molecule has 2 rings (SSSR count). The van der Waals surface area contributed by atoms with E-state index in [2.05, 4.69) is 60.6 Å². The van der Waals surface area contributed by atoms with Gasteiger partial charge in [0.2, 0.25) is 0 Å². The summed E-state index contributed by atoms with van der Waals surface area (Å²) in [5.41, 5.74) is 1.43. The van der Waals surface area contributed by atoms with E-state index < -0.39 is 0 Å². The summed E-state index contributed by atoms with van der Waals surface area (Å²) < 4.78 is 0. The Balaban J connectivity index is 2.13. The van der Waals surface area contributed by atoms with Crippen LogP contribution >= 0.6 is 0 Å². The van der Waals surface area contributed by atoms with Gasteiger partial charge in [0.15, 0.2) is 0 Å². The molecule has 1 nitrogen and oxygen atoms in total. The maximum Gasteiger partial charge on any atom is 0.0108 e. The smallest absolute Gasteiger partial charge is 0.0108 e. The maximum atomic E-state index is 5.35. The molecule has 1 heteroatoms. The Hall–Kier alpha value is -1.78. The molecule has 1 N–H and O–H groups in total. The van der Waals surface area contributed by atoms with Crippen molar-refractivity contribution in [2.75, 3.05) is 6.54 Å². The van der Waals surface area contributed by atoms with Crippen LogP contribution in [0.2, 0.25) is 0 Å². The largest absolute Gasteiger partial charge is 0.314 e. The molecule has 1 unspecified atom stereocenters. The minimum absolute atomic E-state index is 0.513. The predicted octanol–water partition coefficient (Wildman–Crippen LogP) is 4.16. The third-order valence-corrected chi connectivity index (χ3v) is 3.71. The molecule has 1 atom stereocenters. The van der Waals surface area contributed by atoms with Crippen LogP contribution in [-0.4, -0.2) is 12.6 Å². The average Bonchev–Trinajstić information content (AvgIpc) is 2.48. The SMILES string of the molecule is C#CCCCC(Cc1cccc2ccccc12)NCC. The van der Waals surface area contributed by atoms with Crippen molar-refractivity contribution in [1.82, 2.24) is 5.32 Å². The summed E-state index contributed by atoms with van der Waals surface area (Å²) in [6.45, 7) is 3.17. The van der Waals surface area contributed by atoms with E-state index in [-0.39, 0.29) is 0 Å². The van der Waals surface area contributed by atoms with Gasteiger partial charge < -0.3 is 5.32 Å². The Kier molecular flexibility index (Phi) is 5.65. The first-order valence-corrected chi connectivity index (χ1v) is 7.48. The van der Waals surface area contributed by atoms with Gasteiger partial charge in [-0.25, -0.2) is 0 Å². The first kappa shape index (κ1) is 14.6. The molecule has 0 bridgehead atoms. The van der Waals surface area contributed by atoms with Crippen LogP contribution in [-0.2, 0) is 6.42 Å². The molecular formula is C19H23N. The van der Waals surface area contributed by atoms with Gasteiger partial charge >= 0.3 is 0 Å². The van der Waals surface area contributed by atoms with Gasteiger partial charge in [0.25, 0.3) is 0 Å². The van der Waals surface area contributed by atoms with E-state index in [0.29, 0.717) is 6.04 Å². The zero-order chi connectivity index (χ0) is 14.2. The van der Waals surface area contributed by atoms with Gasteiger partial charge in [0, 0.05) is 12.5 Å². The lowest BCUT2D eigenvalue weighted by molar-refractivity contribution is 0.480. The van der Waals surface area contributed by atoms with Crippen molar-refractivity contribution in [3.8, 4) is 12.3 Å². The van der Waals surface area contributed by atoms with Gasteiger partial charge in [0.1, 0.15) is 0 Å². The number of hydrogen-bond acceptors (Lipinski definition) is 1. The Morgan fingerprint density at radius 2 is 1.95 bits per heavy atom. The van der Waals surface area contributed by atoms with Gasteiger partial charge in [-0.1, -0.05) is 49.4 Å². The van der Waals surface area contributed by atoms with E-state index in [0.717, 1.165) is 32.2 Å². The molecule has 0 fully saturated rings. The summed E-state index contributed by atoms with van der Waals surface area (Å²) in [6.07, 6.45) is 9.52. The standard InChI is InChI=1S/C19H23N/c1-3-5-6-13-18(20-4-2)15-17-12-9-11-16-10-7-8-14-19(16)17/h1,7-12,14,18,20H,4-6,13,15H2,2H3. The van der Waals surface area contributed by atoms with Crippen LogP contribution in [0.4, 0.5) is 0 Å². The fourth-order valence-electron chi connectivity index (χ4n) is 2.75. The lowest BCUT2D eigenvalue weighted by Crippen LogP contribution is -2.31. The second-order valence-corrected chi connectivity index (χ2v) is 5.19. The zero-order valence-corrected chi connectivity index (χ0v) is 12.2. The van der Waals surface area contributed by atoms with Crippen LogP contribution in [0.15, 0.2) is 42.5 Å². The van der Waals surface area contributed by atoms with Crippen LogP contribution in [0.5, 0.6) is 0 Å². The monoisotopic (exact) mass is 265 g/mol. The lowest BCUT2D eigenvalue weighted by atomic mass is 9.96. The molecule has 2 aromatic rings. The topological polar surface area (TPSA) is 12.0 Å². The first-order valence-electron chi connectivity index (χ1n) is 7.48. The van der Waals surface area contributed by atoms with Crippen molar-refractivity contribution in [1.29, 1.82) is 0 Å². The van der Waals surface area contributed by atoms with Crippen molar-refractivity contribution >= 4 is 10.8 Å². The van der Waals surface area contributed by atoms with Crippen molar-refractivity contribution in [3.05, 3.63) is 48.0 Å². The molecule has 0 aromatic heterocycles. The molecule has 20 heavy (non-hydrogen) atoms. The average molecular weight is 265 g/mol. The van der Waals surface area contributed by atoms with E-state index in [1.807, 2.05) is 0 Å². The van der Waals surface area contributed by atoms with Gasteiger partial charge in [-0.2, -0.15) is 0 Å². The van der Waals surface area contributed by atoms with Crippen molar-refractivity contribution in [2.45, 2.75) is 38.6 Å². The zero-order valence-electron chi connectivity index (χ0n) is 12.2. The molecule has 104 valence electrons. The van der Waals surface area contributed by atoms with Gasteiger partial charge in [-0.15, -0.1) is 12.3 Å². The highest BCUT2D eigenvalue weighted by Crippen LogP contribution is 2.20. The van der Waals surface area contributed by atoms with Crippen LogP contribution < -0.4 is 5.32 Å². The summed E-state index contributed by atoms with van der Waals surface area (Å²) in [5.74, 6) is 2.73. The van der Waals surface area contributed by atoms with Gasteiger partial charge in [-0.3, -0.25) is 0 Å². The third-order valence-electron chi connectivity index (χ3n) is 3.71. The Bertz CT molecular complexity index is 574. The Morgan fingerprint density at radius 3 is 2.75 bits per heavy atom. The summed E-state index contributed by atoms with van der Waals surface area (Å²) >= 11 is 0. The molecule has 0 saturated carbocycles. The highest BCUT2D eigenvalue weighted by Gasteiger charge is 2.10. The normalized spacial score (nSPS) is 12.2. The molecule has 0 aliphatic rings. The summed E-state index contributed by atoms with van der Waals surface area (Å²) in [4.78, 5) is 0. The summed E-state index contributed by atoms with van der Waals surface area (Å²) in [5, 5.41) is 6.28. The first-order chi connectivity index (χ1) is 9.85. The number of rotatable bonds is 7. The van der Waals surface area contributed by atoms with Crippen LogP contribution in [0.25, 0.3) is 10.8 Å². The van der Waals surface area contributed by atoms with Crippen molar-refractivity contribution < 1.29 is 0 Å². The second-order valence-electron chi connectivity index (χ2n) is 5.19. The van der Waals surface area contributed by atoms with E-state index in [4.69, 9.17) is 6.42 Å². The molecule has 0 aliphatic carbocycles. The Labute approximate surface area is 122 Å². The number of nitrogens with one attached hydrogen (secondary N) is 1. The van der Waals surface area contributed by atoms with Gasteiger partial charge in [-0.05, 0) is 42.1 Å². The predicted molar refractivity (Wildman–Crippen MR) is 87.8 cm³/mol. The Morgan fingerprint density at radius 1 is 1.15 bits per heavy atom. The van der Waals surface area contributed by atoms with Crippen molar-refractivity contribution in [3.63, 3.8) is 0 Å². The minimum atomic E-state index is 0.513. The molecule has 2 aromatic carbocycles. The summed E-state index contributed by atoms with van der Waals surface area (Å²) in [7, 11) is 0. The molecule has 0 amide bonds. The quantitative estimate of drug-likeness (QED) is 0.585. The number of terminal acetylenes is 1. The molecule has 0 radical (unpaired) electrons. The second kappa shape index (κ2) is 7.72. The van der Waals surface area contributed by atoms with Crippen LogP contribution in [0, 0.1) is 12.3 Å². The third kappa shape index (κ3) is 3.85. The fraction of sp³-hybridized carbons (Fsp3) is 0.368. The number of fused-ring (bicyclic) bond motifs is 1. The minimum Gasteiger partial charge on any atom is -0.314 e. The molecular weight excluding hydrogens is 242 g/mol. The van der Waals surface area contributed by atoms with E-state index in [1.54, 1.807) is 0 Å². The molecule has 0 saturated heterocycles. The highest BCUT2D eigenvalue weighted by molar-refractivity contribution is 5.85. The van der Waals surface area contributed by atoms with Crippen LogP contribution in [0.3, 0.4) is 0 Å². The highest BCUT2D eigenvalue weighted by atomic mass is 14.9.